The molecule has 0 aromatic carbocycles. The minimum absolute atomic E-state index is 0.0284. The smallest absolute Gasteiger partial charge is 0.356 e. The van der Waals surface area contributed by atoms with Crippen molar-refractivity contribution in [3.63, 3.8) is 0 Å². The molecular formula is C9H8ClN3O3. The first-order valence-corrected chi connectivity index (χ1v) is 4.77. The van der Waals surface area contributed by atoms with Crippen molar-refractivity contribution < 1.29 is 14.6 Å². The van der Waals surface area contributed by atoms with Gasteiger partial charge in [0, 0.05) is 7.11 Å². The number of carbonyl (C=O) groups is 1. The second-order valence-electron chi connectivity index (χ2n) is 3.07. The maximum absolute atomic E-state index is 11.1. The van der Waals surface area contributed by atoms with E-state index < -0.39 is 5.97 Å². The number of hydrogen-bond donors (Lipinski definition) is 1. The Bertz CT molecular complexity index is 552. The lowest BCUT2D eigenvalue weighted by Crippen LogP contribution is -2.08. The number of rotatable bonds is 3. The maximum Gasteiger partial charge on any atom is 0.356 e. The average molecular weight is 242 g/mol. The van der Waals surface area contributed by atoms with Crippen molar-refractivity contribution >= 4 is 23.2 Å². The molecule has 0 saturated carbocycles. The summed E-state index contributed by atoms with van der Waals surface area (Å²) in [7, 11) is 1.47. The van der Waals surface area contributed by atoms with Gasteiger partial charge in [0.1, 0.15) is 10.8 Å². The molecule has 0 radical (unpaired) electrons. The van der Waals surface area contributed by atoms with Gasteiger partial charge >= 0.3 is 5.97 Å². The molecule has 0 spiro atoms. The number of methoxy groups -OCH3 is 1. The fourth-order valence-electron chi connectivity index (χ4n) is 1.41. The van der Waals surface area contributed by atoms with Gasteiger partial charge in [0.2, 0.25) is 0 Å². The van der Waals surface area contributed by atoms with E-state index in [9.17, 15) is 4.79 Å². The SMILES string of the molecule is COCc1nc2ccc(Cl)nn2c1C(=O)O. The van der Waals surface area contributed by atoms with Crippen LogP contribution in [0.4, 0.5) is 0 Å². The summed E-state index contributed by atoms with van der Waals surface area (Å²) < 4.78 is 6.07. The van der Waals surface area contributed by atoms with Crippen LogP contribution in [-0.2, 0) is 11.3 Å². The molecule has 16 heavy (non-hydrogen) atoms. The molecule has 1 N–H and O–H groups in total. The summed E-state index contributed by atoms with van der Waals surface area (Å²) in [5, 5.41) is 13.2. The first-order valence-electron chi connectivity index (χ1n) is 4.40. The van der Waals surface area contributed by atoms with E-state index in [2.05, 4.69) is 10.1 Å². The van der Waals surface area contributed by atoms with E-state index in [-0.39, 0.29) is 17.5 Å². The molecule has 0 saturated heterocycles. The van der Waals surface area contributed by atoms with E-state index in [0.717, 1.165) is 0 Å². The third kappa shape index (κ3) is 1.72. The highest BCUT2D eigenvalue weighted by atomic mass is 35.5. The Morgan fingerprint density at radius 3 is 3.00 bits per heavy atom. The lowest BCUT2D eigenvalue weighted by Gasteiger charge is -1.98. The van der Waals surface area contributed by atoms with Gasteiger partial charge in [0.05, 0.1) is 6.61 Å². The molecule has 2 aromatic heterocycles. The summed E-state index contributed by atoms with van der Waals surface area (Å²) >= 11 is 5.70. The molecule has 0 amide bonds. The zero-order valence-electron chi connectivity index (χ0n) is 8.35. The van der Waals surface area contributed by atoms with Crippen LogP contribution in [0, 0.1) is 0 Å². The van der Waals surface area contributed by atoms with Gasteiger partial charge in [0.15, 0.2) is 11.3 Å². The summed E-state index contributed by atoms with van der Waals surface area (Å²) in [4.78, 5) is 15.2. The number of nitrogens with zero attached hydrogens (tertiary/aromatic N) is 3. The molecule has 84 valence electrons. The predicted molar refractivity (Wildman–Crippen MR) is 55.7 cm³/mol. The van der Waals surface area contributed by atoms with Gasteiger partial charge in [-0.25, -0.2) is 14.3 Å². The minimum atomic E-state index is -1.12. The maximum atomic E-state index is 11.1. The van der Waals surface area contributed by atoms with Crippen molar-refractivity contribution in [1.82, 2.24) is 14.6 Å². The van der Waals surface area contributed by atoms with Gasteiger partial charge in [-0.15, -0.1) is 0 Å². The molecule has 2 aromatic rings. The summed E-state index contributed by atoms with van der Waals surface area (Å²) in [6.45, 7) is 0.114. The van der Waals surface area contributed by atoms with Crippen molar-refractivity contribution in [2.45, 2.75) is 6.61 Å². The molecule has 2 heterocycles. The van der Waals surface area contributed by atoms with Crippen LogP contribution in [0.15, 0.2) is 12.1 Å². The van der Waals surface area contributed by atoms with Gasteiger partial charge in [-0.3, -0.25) is 0 Å². The molecule has 0 bridgehead atoms. The molecule has 0 fully saturated rings. The number of carboxylic acid groups (broad SMARTS) is 1. The minimum Gasteiger partial charge on any atom is -0.476 e. The fourth-order valence-corrected chi connectivity index (χ4v) is 1.55. The van der Waals surface area contributed by atoms with Gasteiger partial charge < -0.3 is 9.84 Å². The van der Waals surface area contributed by atoms with Gasteiger partial charge in [-0.05, 0) is 12.1 Å². The lowest BCUT2D eigenvalue weighted by atomic mass is 10.3. The largest absolute Gasteiger partial charge is 0.476 e. The number of carboxylic acids is 1. The number of hydrogen-bond acceptors (Lipinski definition) is 4. The number of aromatic carboxylic acids is 1. The number of halogens is 1. The fraction of sp³-hybridized carbons (Fsp3) is 0.222. The van der Waals surface area contributed by atoms with Crippen molar-refractivity contribution in [2.24, 2.45) is 0 Å². The Kier molecular flexibility index (Phi) is 2.76. The van der Waals surface area contributed by atoms with Crippen LogP contribution < -0.4 is 0 Å². The molecule has 0 unspecified atom stereocenters. The summed E-state index contributed by atoms with van der Waals surface area (Å²) in [5.74, 6) is -1.12. The normalized spacial score (nSPS) is 10.9. The van der Waals surface area contributed by atoms with Crippen LogP contribution in [0.3, 0.4) is 0 Å². The third-order valence-electron chi connectivity index (χ3n) is 2.00. The van der Waals surface area contributed by atoms with E-state index in [1.807, 2.05) is 0 Å². The molecule has 7 heteroatoms. The van der Waals surface area contributed by atoms with E-state index in [1.165, 1.54) is 11.6 Å². The van der Waals surface area contributed by atoms with Crippen LogP contribution in [0.2, 0.25) is 5.15 Å². The van der Waals surface area contributed by atoms with Crippen LogP contribution >= 0.6 is 11.6 Å². The first kappa shape index (κ1) is 10.8. The Hall–Kier alpha value is -1.66. The number of ether oxygens (including phenoxy) is 1. The highest BCUT2D eigenvalue weighted by Gasteiger charge is 2.19. The van der Waals surface area contributed by atoms with E-state index in [0.29, 0.717) is 11.3 Å². The quantitative estimate of drug-likeness (QED) is 0.875. The third-order valence-corrected chi connectivity index (χ3v) is 2.20. The molecule has 6 nitrogen and oxygen atoms in total. The summed E-state index contributed by atoms with van der Waals surface area (Å²) in [5.41, 5.74) is 0.720. The van der Waals surface area contributed by atoms with Crippen molar-refractivity contribution in [3.8, 4) is 0 Å². The van der Waals surface area contributed by atoms with Crippen molar-refractivity contribution in [3.05, 3.63) is 28.7 Å². The van der Waals surface area contributed by atoms with Crippen molar-refractivity contribution in [1.29, 1.82) is 0 Å². The zero-order chi connectivity index (χ0) is 11.7. The van der Waals surface area contributed by atoms with Crippen LogP contribution in [0.5, 0.6) is 0 Å². The molecular weight excluding hydrogens is 234 g/mol. The number of imidazole rings is 1. The average Bonchev–Trinajstić information content (AvgIpc) is 2.55. The highest BCUT2D eigenvalue weighted by molar-refractivity contribution is 6.29. The monoisotopic (exact) mass is 241 g/mol. The van der Waals surface area contributed by atoms with Crippen molar-refractivity contribution in [2.75, 3.05) is 7.11 Å². The number of aromatic nitrogens is 3. The second kappa shape index (κ2) is 4.07. The molecule has 0 atom stereocenters. The molecule has 2 rings (SSSR count). The van der Waals surface area contributed by atoms with E-state index >= 15 is 0 Å². The second-order valence-corrected chi connectivity index (χ2v) is 3.46. The number of fused-ring (bicyclic) bond motifs is 1. The van der Waals surface area contributed by atoms with Gasteiger partial charge in [-0.2, -0.15) is 5.10 Å². The molecule has 0 aliphatic heterocycles. The van der Waals surface area contributed by atoms with Gasteiger partial charge in [0.25, 0.3) is 0 Å². The zero-order valence-corrected chi connectivity index (χ0v) is 9.10. The van der Waals surface area contributed by atoms with Crippen LogP contribution in [-0.4, -0.2) is 32.8 Å². The lowest BCUT2D eigenvalue weighted by molar-refractivity contribution is 0.0682. The topological polar surface area (TPSA) is 76.7 Å². The molecule has 0 aliphatic rings. The van der Waals surface area contributed by atoms with Crippen LogP contribution in [0.1, 0.15) is 16.2 Å². The standard InChI is InChI=1S/C9H8ClN3O3/c1-16-4-5-8(9(14)15)13-7(11-5)3-2-6(10)12-13/h2-3H,4H2,1H3,(H,14,15). The Morgan fingerprint density at radius 1 is 1.62 bits per heavy atom. The Balaban J connectivity index is 2.72. The highest BCUT2D eigenvalue weighted by Crippen LogP contribution is 2.14. The van der Waals surface area contributed by atoms with Crippen LogP contribution in [0.25, 0.3) is 5.65 Å². The van der Waals surface area contributed by atoms with E-state index in [4.69, 9.17) is 21.4 Å². The first-order chi connectivity index (χ1) is 7.63. The Morgan fingerprint density at radius 2 is 2.38 bits per heavy atom. The van der Waals surface area contributed by atoms with Gasteiger partial charge in [-0.1, -0.05) is 11.6 Å². The summed E-state index contributed by atoms with van der Waals surface area (Å²) in [6.07, 6.45) is 0. The Labute approximate surface area is 95.4 Å². The van der Waals surface area contributed by atoms with E-state index in [1.54, 1.807) is 12.1 Å². The predicted octanol–water partition coefficient (Wildman–Crippen LogP) is 1.23. The molecule has 0 aliphatic carbocycles. The summed E-state index contributed by atoms with van der Waals surface area (Å²) in [6, 6.07) is 3.15.